The number of halogens is 16. The summed E-state index contributed by atoms with van der Waals surface area (Å²) in [5.74, 6) is -9.88. The van der Waals surface area contributed by atoms with E-state index < -0.39 is 219 Å². The van der Waals surface area contributed by atoms with Crippen molar-refractivity contribution in [3.63, 3.8) is 0 Å². The first-order chi connectivity index (χ1) is 64.8. The van der Waals surface area contributed by atoms with Crippen LogP contribution in [-0.4, -0.2) is 415 Å². The van der Waals surface area contributed by atoms with Crippen molar-refractivity contribution in [1.82, 2.24) is 44.3 Å². The van der Waals surface area contributed by atoms with Crippen molar-refractivity contribution in [3.8, 4) is 5.75 Å². The highest BCUT2D eigenvalue weighted by molar-refractivity contribution is 7.88. The van der Waals surface area contributed by atoms with Gasteiger partial charge in [-0.05, 0) is 78.4 Å². The van der Waals surface area contributed by atoms with E-state index in [4.69, 9.17) is 4.74 Å². The molecule has 8 aliphatic rings. The number of aliphatic hydroxyl groups excluding tert-OH is 17. The standard InChI is InChI=1S/C14H19F2NO3.C14H19F2NO2.C13H16F3NO2.C12H16FNO3.C11H19F2NO3.C10H18F2N2O3.C9H15F2NO2.C7H13F2NO4S/c1-20-10-4-2-3-9(5-10)6-17-7-11(14(15)16)13(19)12(18)8-17;1-9-2-4-10(5-3-9)6-17-7-11(14(15)16)13(19)12(18)8-17;14-9-3-1-8(2-4-9)5-17-6-10(13(15)16)12(19)11(18)7-17;13-8-3-1-7(2-4-8)11(16)9-5-14-6-10(15)12(9)17;1-2-3-4-9(16)14-5-7(11(12)13)10(17)8(15)6-14;1-2-3-13-10(17)14-4-6(9(11)12)8(16)7(15)5-14;1-2-3-12-4-6(9(10)11)8(14)7(13)5-12;1-15(13,14)10-2-4(7(8)9)6(12)5(11)3-10/h2-5,11-14,18-19H,6-8H2,1H3;2-5,11-14,18-19H,6-8H2,1H3;1-4,10-13,18-19H,5-7H2;1-4,9-12,14-17H,5-6H2;7-8,10-11,15,17H,2-6H2,1H3;6-9,15-16H,2-5H2,1H3,(H,13,17);2,6-9,13-14H,1,3-5H2;4-7,11-12H,2-3H2,1H3/t2*11-,12+,13+;10-,11+,12+;9-,10-,11?,12-;7-,8+,10+;2*6-,7+,8+;4-,5+,6+/m00010000/s1. The maximum Gasteiger partial charge on any atom is 0.317 e. The van der Waals surface area contributed by atoms with Crippen molar-refractivity contribution < 1.29 is 180 Å². The Labute approximate surface area is 791 Å². The smallest absolute Gasteiger partial charge is 0.317 e. The van der Waals surface area contributed by atoms with Gasteiger partial charge in [-0.15, -0.1) is 6.58 Å². The number of ether oxygens (including phenoxy) is 1. The van der Waals surface area contributed by atoms with Crippen molar-refractivity contribution >= 4 is 22.0 Å². The number of alkyl halides is 14. The summed E-state index contributed by atoms with van der Waals surface area (Å²) in [6, 6.07) is 25.9. The fourth-order valence-electron chi connectivity index (χ4n) is 16.4. The van der Waals surface area contributed by atoms with E-state index in [-0.39, 0.29) is 103 Å². The molecule has 0 aliphatic carbocycles. The molecule has 8 saturated heterocycles. The molecule has 0 aromatic heterocycles. The number of carbonyl (C=O) groups excluding carboxylic acids is 2. The number of piperidine rings is 8. The van der Waals surface area contributed by atoms with Crippen LogP contribution in [0.5, 0.6) is 5.75 Å². The molecule has 138 heavy (non-hydrogen) atoms. The van der Waals surface area contributed by atoms with Crippen molar-refractivity contribution in [2.45, 2.75) is 215 Å². The van der Waals surface area contributed by atoms with Gasteiger partial charge >= 0.3 is 6.03 Å². The number of rotatable bonds is 24. The molecular formula is C90H135F16N9O22S. The molecule has 12 rings (SSSR count). The van der Waals surface area contributed by atoms with Crippen LogP contribution in [0.4, 0.5) is 75.0 Å². The van der Waals surface area contributed by atoms with E-state index in [1.165, 1.54) is 41.3 Å². The van der Waals surface area contributed by atoms with Crippen molar-refractivity contribution in [1.29, 1.82) is 0 Å². The van der Waals surface area contributed by atoms with E-state index >= 15 is 0 Å². The number of likely N-dealkylation sites (tertiary alicyclic amines) is 6. The summed E-state index contributed by atoms with van der Waals surface area (Å²) in [6.07, 6.45) is -35.2. The van der Waals surface area contributed by atoms with Crippen LogP contribution >= 0.6 is 0 Å². The van der Waals surface area contributed by atoms with Gasteiger partial charge in [-0.3, -0.25) is 24.4 Å². The number of hydrogen-bond acceptors (Lipinski definition) is 27. The van der Waals surface area contributed by atoms with Gasteiger partial charge < -0.3 is 112 Å². The summed E-state index contributed by atoms with van der Waals surface area (Å²) >= 11 is 0. The molecule has 31 nitrogen and oxygen atoms in total. The molecule has 0 radical (unpaired) electrons. The zero-order valence-electron chi connectivity index (χ0n) is 76.9. The van der Waals surface area contributed by atoms with Crippen LogP contribution in [0.25, 0.3) is 0 Å². The van der Waals surface area contributed by atoms with Crippen molar-refractivity contribution in [2.24, 2.45) is 47.3 Å². The van der Waals surface area contributed by atoms with Crippen LogP contribution in [0.1, 0.15) is 73.5 Å². The number of urea groups is 1. The number of methoxy groups -OCH3 is 1. The van der Waals surface area contributed by atoms with E-state index in [0.29, 0.717) is 70.0 Å². The highest BCUT2D eigenvalue weighted by Gasteiger charge is 2.48. The van der Waals surface area contributed by atoms with E-state index in [9.17, 15) is 175 Å². The number of aryl methyl sites for hydroxylation is 1. The third kappa shape index (κ3) is 38.6. The first kappa shape index (κ1) is 122. The van der Waals surface area contributed by atoms with Gasteiger partial charge in [0.2, 0.25) is 60.9 Å². The van der Waals surface area contributed by atoms with Crippen LogP contribution in [0, 0.1) is 65.9 Å². The number of hydrogen-bond donors (Lipinski definition) is 19. The molecule has 0 spiro atoms. The second kappa shape index (κ2) is 59.4. The Kier molecular flexibility index (Phi) is 52.3. The molecule has 48 heteroatoms. The topological polar surface area (TPSA) is 468 Å². The molecule has 25 atom stereocenters. The highest BCUT2D eigenvalue weighted by atomic mass is 32.2. The van der Waals surface area contributed by atoms with Gasteiger partial charge in [0.1, 0.15) is 17.4 Å². The Bertz CT molecular complexity index is 4120. The summed E-state index contributed by atoms with van der Waals surface area (Å²) in [5.41, 5.74) is 4.39. The number of carbonyl (C=O) groups is 2. The Morgan fingerprint density at radius 3 is 1.17 bits per heavy atom. The maximum absolute atomic E-state index is 12.9. The molecule has 4 aromatic carbocycles. The van der Waals surface area contributed by atoms with E-state index in [1.807, 2.05) is 63.2 Å². The lowest BCUT2D eigenvalue weighted by atomic mass is 9.86. The van der Waals surface area contributed by atoms with Crippen LogP contribution < -0.4 is 15.4 Å². The van der Waals surface area contributed by atoms with Crippen molar-refractivity contribution in [3.05, 3.63) is 149 Å². The van der Waals surface area contributed by atoms with Gasteiger partial charge in [-0.2, -0.15) is 4.31 Å². The Balaban J connectivity index is 0.000000279. The Morgan fingerprint density at radius 1 is 0.435 bits per heavy atom. The first-order valence-corrected chi connectivity index (χ1v) is 46.8. The zero-order valence-corrected chi connectivity index (χ0v) is 77.7. The summed E-state index contributed by atoms with van der Waals surface area (Å²) in [6.45, 7) is 11.8. The van der Waals surface area contributed by atoms with Crippen LogP contribution in [0.2, 0.25) is 0 Å². The van der Waals surface area contributed by atoms with Crippen LogP contribution in [0.3, 0.4) is 0 Å². The number of benzene rings is 4. The monoisotopic (exact) mass is 2030 g/mol. The summed E-state index contributed by atoms with van der Waals surface area (Å²) in [5, 5.41) is 167. The Hall–Kier alpha value is -6.93. The molecular weight excluding hydrogens is 1900 g/mol. The fraction of sp³-hybridized carbons (Fsp3) is 0.689. The lowest BCUT2D eigenvalue weighted by molar-refractivity contribution is -0.150. The van der Waals surface area contributed by atoms with E-state index in [2.05, 4.69) is 17.2 Å². The molecule has 8 aliphatic heterocycles. The highest BCUT2D eigenvalue weighted by Crippen LogP contribution is 2.34. The fourth-order valence-corrected chi connectivity index (χ4v) is 17.3. The molecule has 0 bridgehead atoms. The second-order valence-corrected chi connectivity index (χ2v) is 37.4. The van der Waals surface area contributed by atoms with E-state index in [1.54, 1.807) is 51.0 Å². The molecule has 8 heterocycles. The van der Waals surface area contributed by atoms with Gasteiger partial charge in [0.25, 0.3) is 0 Å². The predicted molar refractivity (Wildman–Crippen MR) is 471 cm³/mol. The van der Waals surface area contributed by atoms with Gasteiger partial charge in [-0.1, -0.05) is 92.6 Å². The number of sulfonamides is 1. The second-order valence-electron chi connectivity index (χ2n) is 35.4. The number of unbranched alkanes of at least 4 members (excludes halogenated alkanes) is 1. The first-order valence-electron chi connectivity index (χ1n) is 45.0. The van der Waals surface area contributed by atoms with Gasteiger partial charge in [-0.25, -0.2) is 83.5 Å². The summed E-state index contributed by atoms with van der Waals surface area (Å²) in [7, 11) is -2.06. The average Bonchev–Trinajstić information content (AvgIpc) is 0.838. The zero-order chi connectivity index (χ0) is 104. The van der Waals surface area contributed by atoms with E-state index in [0.717, 1.165) is 50.6 Å². The minimum absolute atomic E-state index is 0.00721. The largest absolute Gasteiger partial charge is 0.497 e. The van der Waals surface area contributed by atoms with Gasteiger partial charge in [0.05, 0.1) is 165 Å². The summed E-state index contributed by atoms with van der Waals surface area (Å²) < 4.78 is 231. The lowest BCUT2D eigenvalue weighted by Gasteiger charge is -2.39. The molecule has 19 N–H and O–H groups in total. The maximum atomic E-state index is 12.9. The average molecular weight is 2030 g/mol. The number of amides is 3. The predicted octanol–water partition coefficient (Wildman–Crippen LogP) is 3.17. The Morgan fingerprint density at radius 2 is 0.783 bits per heavy atom. The minimum atomic E-state index is -3.62. The van der Waals surface area contributed by atoms with Crippen molar-refractivity contribution in [2.75, 3.05) is 131 Å². The third-order valence-electron chi connectivity index (χ3n) is 24.6. The lowest BCUT2D eigenvalue weighted by Crippen LogP contribution is -2.58. The molecule has 1 unspecified atom stereocenters. The number of nitrogens with one attached hydrogen (secondary N) is 2. The quantitative estimate of drug-likeness (QED) is 0.0354. The summed E-state index contributed by atoms with van der Waals surface area (Å²) in [4.78, 5) is 32.3. The molecule has 3 amide bonds. The van der Waals surface area contributed by atoms with Crippen LogP contribution in [0.15, 0.2) is 110 Å². The number of β-amino-alcohol motifs (C(OH)–C–C–N with tert-alkyl or cyclic N) is 8. The number of aliphatic hydroxyl groups is 17. The molecule has 4 aromatic rings. The SMILES string of the molecule is C=CCN1C[C@@H](O)[C@H](O)[C@@H](C(F)F)C1.CCCCC(=O)N1C[C@@H](O)[C@H](O)[C@@H](C(F)F)C1.CCCNC(=O)N1C[C@@H](O)[C@H](O)[C@@H](C(F)F)C1.COc1cccc(CN2C[C@@H](O)[C@H](O)[C@@H](C(F)F)C2)c1.CS(=O)(=O)N1C[C@@H](O)[C@H](O)[C@@H](C(F)F)C1.Cc1ccc(CN2C[C@@H](O)[C@H](O)[C@@H](C(F)F)C2)cc1.OC(c1ccc(F)cc1)[C@H]1CNC[C@@H](O)[C@@H]1O.O[C@H]1[C@H](O)CN(Cc2ccc(F)cc2)C[C@@H]1C(F)F. The third-order valence-corrected chi connectivity index (χ3v) is 25.8. The molecule has 8 fully saturated rings. The van der Waals surface area contributed by atoms with Gasteiger partial charge in [0, 0.05) is 143 Å². The van der Waals surface area contributed by atoms with Crippen LogP contribution in [-0.2, 0) is 34.5 Å². The number of nitrogens with zero attached hydrogens (tertiary/aromatic N) is 7. The molecule has 790 valence electrons. The minimum Gasteiger partial charge on any atom is -0.497 e. The van der Waals surface area contributed by atoms with Gasteiger partial charge in [0.15, 0.2) is 0 Å². The normalized spacial score (nSPS) is 30.4. The molecule has 0 saturated carbocycles.